The lowest BCUT2D eigenvalue weighted by Gasteiger charge is -2.32. The molecule has 0 aliphatic carbocycles. The Labute approximate surface area is 205 Å². The number of halogens is 1. The summed E-state index contributed by atoms with van der Waals surface area (Å²) in [7, 11) is -0.620. The maximum absolute atomic E-state index is 13.1. The predicted molar refractivity (Wildman–Crippen MR) is 132 cm³/mol. The van der Waals surface area contributed by atoms with Gasteiger partial charge in [-0.3, -0.25) is 14.4 Å². The van der Waals surface area contributed by atoms with Crippen molar-refractivity contribution in [3.05, 3.63) is 40.7 Å². The van der Waals surface area contributed by atoms with Crippen LogP contribution in [0.3, 0.4) is 0 Å². The number of carbonyl (C=O) groups excluding carboxylic acids is 1. The SMILES string of the molecule is CC1(C)OB(c2cccc(NC(=O)c3cc4n(n3)CCC[C@@H]4N3CC[C@H](O)C3)c2Cl)OC1(C)C. The minimum Gasteiger partial charge on any atom is -0.399 e. The van der Waals surface area contributed by atoms with Crippen molar-refractivity contribution in [2.75, 3.05) is 18.4 Å². The fourth-order valence-corrected chi connectivity index (χ4v) is 5.24. The molecule has 0 bridgehead atoms. The number of hydrogen-bond donors (Lipinski definition) is 2. The zero-order valence-corrected chi connectivity index (χ0v) is 20.9. The molecule has 0 unspecified atom stereocenters. The molecule has 4 heterocycles. The molecule has 10 heteroatoms. The van der Waals surface area contributed by atoms with Crippen molar-refractivity contribution in [2.24, 2.45) is 0 Å². The highest BCUT2D eigenvalue weighted by Gasteiger charge is 2.52. The zero-order valence-electron chi connectivity index (χ0n) is 20.2. The standard InChI is InChI=1S/C24H32BClN4O4/c1-23(2)24(3,4)34-25(33-23)16-7-5-8-17(21(16)26)27-22(32)18-13-20-19(9-6-11-30(20)28-18)29-12-10-15(31)14-29/h5,7-8,13,15,19,31H,6,9-12,14H2,1-4H3,(H,27,32)/t15-,19-/m0/s1. The molecule has 0 spiro atoms. The van der Waals surface area contributed by atoms with Gasteiger partial charge >= 0.3 is 7.12 Å². The smallest absolute Gasteiger partial charge is 0.399 e. The van der Waals surface area contributed by atoms with Crippen LogP contribution in [0.15, 0.2) is 24.3 Å². The quantitative estimate of drug-likeness (QED) is 0.646. The first-order valence-corrected chi connectivity index (χ1v) is 12.4. The van der Waals surface area contributed by atoms with E-state index in [0.29, 0.717) is 28.4 Å². The van der Waals surface area contributed by atoms with Gasteiger partial charge in [0.25, 0.3) is 5.91 Å². The largest absolute Gasteiger partial charge is 0.496 e. The number of anilines is 1. The number of aliphatic hydroxyl groups excluding tert-OH is 1. The van der Waals surface area contributed by atoms with Gasteiger partial charge in [-0.2, -0.15) is 5.10 Å². The molecule has 34 heavy (non-hydrogen) atoms. The van der Waals surface area contributed by atoms with Crippen molar-refractivity contribution < 1.29 is 19.2 Å². The summed E-state index contributed by atoms with van der Waals surface area (Å²) in [5, 5.41) is 17.9. The molecule has 8 nitrogen and oxygen atoms in total. The van der Waals surface area contributed by atoms with Crippen molar-refractivity contribution in [1.82, 2.24) is 14.7 Å². The van der Waals surface area contributed by atoms with Gasteiger partial charge in [0.05, 0.1) is 39.8 Å². The number of likely N-dealkylation sites (tertiary alicyclic amines) is 1. The van der Waals surface area contributed by atoms with Crippen LogP contribution in [-0.2, 0) is 15.9 Å². The lowest BCUT2D eigenvalue weighted by Crippen LogP contribution is -2.41. The van der Waals surface area contributed by atoms with E-state index >= 15 is 0 Å². The van der Waals surface area contributed by atoms with Crippen molar-refractivity contribution >= 4 is 35.8 Å². The average Bonchev–Trinajstić information content (AvgIpc) is 3.45. The Kier molecular flexibility index (Phi) is 6.05. The van der Waals surface area contributed by atoms with Gasteiger partial charge in [0, 0.05) is 25.1 Å². The fraction of sp³-hybridized carbons (Fsp3) is 0.583. The van der Waals surface area contributed by atoms with Crippen LogP contribution in [0.5, 0.6) is 0 Å². The summed E-state index contributed by atoms with van der Waals surface area (Å²) in [5.41, 5.74) is 1.58. The molecule has 1 aromatic carbocycles. The molecule has 2 N–H and O–H groups in total. The molecule has 2 aromatic rings. The van der Waals surface area contributed by atoms with Crippen LogP contribution in [0.1, 0.15) is 69.2 Å². The Morgan fingerprint density at radius 3 is 2.62 bits per heavy atom. The van der Waals surface area contributed by atoms with Crippen LogP contribution in [0.2, 0.25) is 5.02 Å². The van der Waals surface area contributed by atoms with E-state index in [9.17, 15) is 9.90 Å². The maximum atomic E-state index is 13.1. The molecular formula is C24H32BClN4O4. The second-order valence-corrected chi connectivity index (χ2v) is 10.9. The van der Waals surface area contributed by atoms with Crippen LogP contribution in [0.25, 0.3) is 0 Å². The Morgan fingerprint density at radius 1 is 1.21 bits per heavy atom. The van der Waals surface area contributed by atoms with Crippen LogP contribution >= 0.6 is 11.6 Å². The monoisotopic (exact) mass is 486 g/mol. The molecular weight excluding hydrogens is 455 g/mol. The summed E-state index contributed by atoms with van der Waals surface area (Å²) >= 11 is 6.70. The van der Waals surface area contributed by atoms with Crippen molar-refractivity contribution in [1.29, 1.82) is 0 Å². The normalized spacial score (nSPS) is 26.0. The minimum atomic E-state index is -0.620. The average molecular weight is 487 g/mol. The van der Waals surface area contributed by atoms with E-state index in [4.69, 9.17) is 20.9 Å². The Balaban J connectivity index is 1.35. The van der Waals surface area contributed by atoms with Crippen LogP contribution in [0.4, 0.5) is 5.69 Å². The highest BCUT2D eigenvalue weighted by Crippen LogP contribution is 2.38. The molecule has 2 atom stereocenters. The summed E-state index contributed by atoms with van der Waals surface area (Å²) in [6.07, 6.45) is 2.51. The molecule has 1 amide bonds. The third-order valence-corrected chi connectivity index (χ3v) is 8.07. The van der Waals surface area contributed by atoms with Crippen LogP contribution in [0, 0.1) is 0 Å². The molecule has 1 aromatic heterocycles. The summed E-state index contributed by atoms with van der Waals surface area (Å²) < 4.78 is 14.2. The molecule has 182 valence electrons. The van der Waals surface area contributed by atoms with Crippen molar-refractivity contribution in [3.8, 4) is 0 Å². The third kappa shape index (κ3) is 4.18. The first-order valence-electron chi connectivity index (χ1n) is 12.0. The van der Waals surface area contributed by atoms with Gasteiger partial charge in [-0.15, -0.1) is 0 Å². The number of nitrogens with zero attached hydrogens (tertiary/aromatic N) is 3. The van der Waals surface area contributed by atoms with E-state index in [0.717, 1.165) is 38.0 Å². The van der Waals surface area contributed by atoms with E-state index in [-0.39, 0.29) is 18.1 Å². The van der Waals surface area contributed by atoms with Gasteiger partial charge in [-0.25, -0.2) is 0 Å². The second kappa shape index (κ2) is 8.64. The van der Waals surface area contributed by atoms with Crippen LogP contribution in [-0.4, -0.2) is 63.2 Å². The van der Waals surface area contributed by atoms with E-state index in [1.54, 1.807) is 6.07 Å². The van der Waals surface area contributed by atoms with Crippen molar-refractivity contribution in [2.45, 2.75) is 76.9 Å². The highest BCUT2D eigenvalue weighted by atomic mass is 35.5. The topological polar surface area (TPSA) is 88.9 Å². The number of amides is 1. The van der Waals surface area contributed by atoms with Gasteiger partial charge < -0.3 is 19.7 Å². The zero-order chi connectivity index (χ0) is 24.3. The summed E-state index contributed by atoms with van der Waals surface area (Å²) in [6.45, 7) is 10.3. The number of carbonyl (C=O) groups is 1. The van der Waals surface area contributed by atoms with Crippen LogP contribution < -0.4 is 10.8 Å². The Hall–Kier alpha value is -1.91. The van der Waals surface area contributed by atoms with Gasteiger partial charge in [-0.05, 0) is 59.1 Å². The first kappa shape index (κ1) is 23.8. The molecule has 0 radical (unpaired) electrons. The number of aryl methyl sites for hydroxylation is 1. The van der Waals surface area contributed by atoms with Gasteiger partial charge in [-0.1, -0.05) is 23.7 Å². The fourth-order valence-electron chi connectivity index (χ4n) is 4.98. The third-order valence-electron chi connectivity index (χ3n) is 7.65. The predicted octanol–water partition coefficient (Wildman–Crippen LogP) is 2.99. The lowest BCUT2D eigenvalue weighted by molar-refractivity contribution is 0.00578. The maximum Gasteiger partial charge on any atom is 0.496 e. The Morgan fingerprint density at radius 2 is 1.94 bits per heavy atom. The molecule has 3 aliphatic rings. The number of hydrogen-bond acceptors (Lipinski definition) is 6. The Bertz CT molecular complexity index is 1090. The van der Waals surface area contributed by atoms with Gasteiger partial charge in [0.15, 0.2) is 5.69 Å². The highest BCUT2D eigenvalue weighted by molar-refractivity contribution is 6.66. The minimum absolute atomic E-state index is 0.176. The number of aromatic nitrogens is 2. The van der Waals surface area contributed by atoms with Gasteiger partial charge in [0.1, 0.15) is 0 Å². The lowest BCUT2D eigenvalue weighted by atomic mass is 9.79. The van der Waals surface area contributed by atoms with E-state index in [2.05, 4.69) is 15.3 Å². The molecule has 2 fully saturated rings. The molecule has 5 rings (SSSR count). The second-order valence-electron chi connectivity index (χ2n) is 10.5. The summed E-state index contributed by atoms with van der Waals surface area (Å²) in [5.74, 6) is -0.310. The summed E-state index contributed by atoms with van der Waals surface area (Å²) in [6, 6.07) is 7.49. The molecule has 0 saturated carbocycles. The first-order chi connectivity index (χ1) is 16.1. The number of rotatable bonds is 4. The number of β-amino-alcohol motifs (C(OH)–C–C–N with tert-alkyl or cyclic N) is 1. The van der Waals surface area contributed by atoms with Gasteiger partial charge in [0.2, 0.25) is 0 Å². The van der Waals surface area contributed by atoms with E-state index in [1.165, 1.54) is 0 Å². The molecule has 2 saturated heterocycles. The van der Waals surface area contributed by atoms with E-state index < -0.39 is 18.3 Å². The van der Waals surface area contributed by atoms with E-state index in [1.807, 2.05) is 50.6 Å². The molecule has 3 aliphatic heterocycles. The number of fused-ring (bicyclic) bond motifs is 1. The number of benzene rings is 1. The van der Waals surface area contributed by atoms with Crippen molar-refractivity contribution in [3.63, 3.8) is 0 Å². The number of aliphatic hydroxyl groups is 1. The number of nitrogens with one attached hydrogen (secondary N) is 1. The summed E-state index contributed by atoms with van der Waals surface area (Å²) in [4.78, 5) is 15.4.